The van der Waals surface area contributed by atoms with Crippen molar-refractivity contribution in [1.82, 2.24) is 9.80 Å². The molecule has 0 unspecified atom stereocenters. The van der Waals surface area contributed by atoms with Crippen molar-refractivity contribution < 1.29 is 4.79 Å². The predicted octanol–water partition coefficient (Wildman–Crippen LogP) is 1.69. The van der Waals surface area contributed by atoms with Crippen LogP contribution < -0.4 is 5.73 Å². The maximum atomic E-state index is 12.7. The van der Waals surface area contributed by atoms with Gasteiger partial charge in [0.25, 0.3) is 0 Å². The molecule has 112 valence electrons. The van der Waals surface area contributed by atoms with Gasteiger partial charge in [0.05, 0.1) is 6.04 Å². The van der Waals surface area contributed by atoms with Crippen LogP contribution in [-0.2, 0) is 4.79 Å². The second-order valence-corrected chi connectivity index (χ2v) is 7.12. The number of amides is 1. The Hall–Kier alpha value is -0.610. The minimum atomic E-state index is -0.407. The van der Waals surface area contributed by atoms with Crippen molar-refractivity contribution in [3.63, 3.8) is 0 Å². The Bertz CT molecular complexity index is 290. The minimum absolute atomic E-state index is 0.126. The normalized spacial score (nSPS) is 18.9. The van der Waals surface area contributed by atoms with Gasteiger partial charge in [-0.3, -0.25) is 4.79 Å². The number of likely N-dealkylation sites (N-methyl/N-ethyl adjacent to an activating group) is 1. The molecule has 0 bridgehead atoms. The third-order valence-electron chi connectivity index (χ3n) is 4.04. The van der Waals surface area contributed by atoms with Crippen LogP contribution in [0.25, 0.3) is 0 Å². The van der Waals surface area contributed by atoms with E-state index < -0.39 is 6.04 Å². The van der Waals surface area contributed by atoms with Crippen molar-refractivity contribution in [2.45, 2.75) is 58.5 Å². The van der Waals surface area contributed by atoms with Crippen LogP contribution in [0.3, 0.4) is 0 Å². The Morgan fingerprint density at radius 2 is 1.74 bits per heavy atom. The SMILES string of the molecule is CN(C)CCN(C(=O)[C@H](N)C(C)(C)C)C1CCCC1. The summed E-state index contributed by atoms with van der Waals surface area (Å²) in [6.07, 6.45) is 4.74. The standard InChI is InChI=1S/C15H31N3O/c1-15(2,3)13(16)14(19)18(11-10-17(4)5)12-8-6-7-9-12/h12-13H,6-11,16H2,1-5H3/t13-/m0/s1. The number of carbonyl (C=O) groups is 1. The lowest BCUT2D eigenvalue weighted by Gasteiger charge is -2.36. The van der Waals surface area contributed by atoms with Crippen LogP contribution >= 0.6 is 0 Å². The van der Waals surface area contributed by atoms with Gasteiger partial charge in [-0.2, -0.15) is 0 Å². The zero-order valence-electron chi connectivity index (χ0n) is 13.3. The largest absolute Gasteiger partial charge is 0.337 e. The van der Waals surface area contributed by atoms with Crippen molar-refractivity contribution in [2.24, 2.45) is 11.1 Å². The van der Waals surface area contributed by atoms with Crippen molar-refractivity contribution in [2.75, 3.05) is 27.2 Å². The Morgan fingerprint density at radius 3 is 2.16 bits per heavy atom. The highest BCUT2D eigenvalue weighted by molar-refractivity contribution is 5.82. The number of rotatable bonds is 5. The molecule has 1 rings (SSSR count). The maximum absolute atomic E-state index is 12.7. The lowest BCUT2D eigenvalue weighted by atomic mass is 9.86. The van der Waals surface area contributed by atoms with E-state index in [2.05, 4.69) is 4.90 Å². The molecule has 2 N–H and O–H groups in total. The summed E-state index contributed by atoms with van der Waals surface area (Å²) in [5.41, 5.74) is 5.99. The first kappa shape index (κ1) is 16.4. The molecule has 0 saturated heterocycles. The molecular formula is C15H31N3O. The lowest BCUT2D eigenvalue weighted by Crippen LogP contribution is -2.54. The molecule has 1 atom stereocenters. The molecule has 0 spiro atoms. The molecule has 0 aromatic heterocycles. The molecular weight excluding hydrogens is 238 g/mol. The third kappa shape index (κ3) is 4.77. The highest BCUT2D eigenvalue weighted by atomic mass is 16.2. The summed E-state index contributed by atoms with van der Waals surface area (Å²) in [6.45, 7) is 7.80. The van der Waals surface area contributed by atoms with Crippen LogP contribution in [0.2, 0.25) is 0 Å². The molecule has 1 aliphatic carbocycles. The maximum Gasteiger partial charge on any atom is 0.240 e. The fourth-order valence-electron chi connectivity index (χ4n) is 2.55. The van der Waals surface area contributed by atoms with E-state index in [1.54, 1.807) is 0 Å². The fraction of sp³-hybridized carbons (Fsp3) is 0.933. The zero-order valence-corrected chi connectivity index (χ0v) is 13.3. The van der Waals surface area contributed by atoms with Crippen LogP contribution in [0.1, 0.15) is 46.5 Å². The van der Waals surface area contributed by atoms with Gasteiger partial charge < -0.3 is 15.5 Å². The molecule has 1 fully saturated rings. The van der Waals surface area contributed by atoms with E-state index in [0.29, 0.717) is 6.04 Å². The number of nitrogens with zero attached hydrogens (tertiary/aromatic N) is 2. The number of hydrogen-bond donors (Lipinski definition) is 1. The Labute approximate surface area is 118 Å². The average Bonchev–Trinajstić information content (AvgIpc) is 2.80. The summed E-state index contributed by atoms with van der Waals surface area (Å²) in [4.78, 5) is 16.8. The third-order valence-corrected chi connectivity index (χ3v) is 4.04. The monoisotopic (exact) mass is 269 g/mol. The molecule has 1 saturated carbocycles. The Balaban J connectivity index is 2.74. The van der Waals surface area contributed by atoms with Gasteiger partial charge >= 0.3 is 0 Å². The van der Waals surface area contributed by atoms with Crippen LogP contribution in [-0.4, -0.2) is 55.0 Å². The molecule has 19 heavy (non-hydrogen) atoms. The smallest absolute Gasteiger partial charge is 0.240 e. The summed E-state index contributed by atoms with van der Waals surface area (Å²) in [5, 5.41) is 0. The van der Waals surface area contributed by atoms with Crippen LogP contribution in [0, 0.1) is 5.41 Å². The Morgan fingerprint density at radius 1 is 1.21 bits per heavy atom. The molecule has 0 aliphatic heterocycles. The summed E-state index contributed by atoms with van der Waals surface area (Å²) >= 11 is 0. The van der Waals surface area contributed by atoms with Crippen molar-refractivity contribution in [3.8, 4) is 0 Å². The first-order valence-corrected chi connectivity index (χ1v) is 7.44. The van der Waals surface area contributed by atoms with Gasteiger partial charge in [0.1, 0.15) is 0 Å². The molecule has 0 heterocycles. The molecule has 1 aliphatic rings. The van der Waals surface area contributed by atoms with Gasteiger partial charge in [0.15, 0.2) is 0 Å². The predicted molar refractivity (Wildman–Crippen MR) is 80.0 cm³/mol. The van der Waals surface area contributed by atoms with Crippen LogP contribution in [0.15, 0.2) is 0 Å². The second kappa shape index (κ2) is 6.71. The van der Waals surface area contributed by atoms with Gasteiger partial charge in [-0.15, -0.1) is 0 Å². The number of carbonyl (C=O) groups excluding carboxylic acids is 1. The van der Waals surface area contributed by atoms with Gasteiger partial charge in [-0.1, -0.05) is 33.6 Å². The molecule has 4 heteroatoms. The average molecular weight is 269 g/mol. The summed E-state index contributed by atoms with van der Waals surface area (Å²) < 4.78 is 0. The van der Waals surface area contributed by atoms with E-state index >= 15 is 0 Å². The van der Waals surface area contributed by atoms with Crippen molar-refractivity contribution >= 4 is 5.91 Å². The number of nitrogens with two attached hydrogens (primary N) is 1. The highest BCUT2D eigenvalue weighted by Gasteiger charge is 2.34. The van der Waals surface area contributed by atoms with E-state index in [-0.39, 0.29) is 11.3 Å². The van der Waals surface area contributed by atoms with E-state index in [0.717, 1.165) is 25.9 Å². The first-order chi connectivity index (χ1) is 8.73. The van der Waals surface area contributed by atoms with Gasteiger partial charge in [0, 0.05) is 19.1 Å². The molecule has 4 nitrogen and oxygen atoms in total. The molecule has 1 amide bonds. The van der Waals surface area contributed by atoms with E-state index in [1.807, 2.05) is 39.8 Å². The fourth-order valence-corrected chi connectivity index (χ4v) is 2.55. The minimum Gasteiger partial charge on any atom is -0.337 e. The van der Waals surface area contributed by atoms with Crippen molar-refractivity contribution in [1.29, 1.82) is 0 Å². The first-order valence-electron chi connectivity index (χ1n) is 7.44. The van der Waals surface area contributed by atoms with E-state index in [9.17, 15) is 4.79 Å². The van der Waals surface area contributed by atoms with Crippen LogP contribution in [0.4, 0.5) is 0 Å². The van der Waals surface area contributed by atoms with E-state index in [4.69, 9.17) is 5.73 Å². The summed E-state index contributed by atoms with van der Waals surface area (Å²) in [7, 11) is 4.09. The van der Waals surface area contributed by atoms with Gasteiger partial charge in [-0.05, 0) is 32.4 Å². The van der Waals surface area contributed by atoms with Crippen LogP contribution in [0.5, 0.6) is 0 Å². The number of hydrogen-bond acceptors (Lipinski definition) is 3. The zero-order chi connectivity index (χ0) is 14.6. The molecule has 0 aromatic carbocycles. The Kier molecular flexibility index (Phi) is 5.81. The van der Waals surface area contributed by atoms with E-state index in [1.165, 1.54) is 12.8 Å². The second-order valence-electron chi connectivity index (χ2n) is 7.12. The quantitative estimate of drug-likeness (QED) is 0.826. The van der Waals surface area contributed by atoms with Crippen molar-refractivity contribution in [3.05, 3.63) is 0 Å². The lowest BCUT2D eigenvalue weighted by molar-refractivity contribution is -0.137. The summed E-state index contributed by atoms with van der Waals surface area (Å²) in [6, 6.07) is -0.00360. The molecule has 0 aromatic rings. The topological polar surface area (TPSA) is 49.6 Å². The van der Waals surface area contributed by atoms with Gasteiger partial charge in [-0.25, -0.2) is 0 Å². The highest BCUT2D eigenvalue weighted by Crippen LogP contribution is 2.26. The van der Waals surface area contributed by atoms with Gasteiger partial charge in [0.2, 0.25) is 5.91 Å². The molecule has 0 radical (unpaired) electrons. The summed E-state index contributed by atoms with van der Waals surface area (Å²) in [5.74, 6) is 0.126.